The van der Waals surface area contributed by atoms with E-state index in [1.54, 1.807) is 25.2 Å². The second kappa shape index (κ2) is 4.92. The van der Waals surface area contributed by atoms with E-state index in [-0.39, 0.29) is 23.6 Å². The van der Waals surface area contributed by atoms with Crippen LogP contribution in [0.3, 0.4) is 0 Å². The predicted octanol–water partition coefficient (Wildman–Crippen LogP) is 1.46. The maximum atomic E-state index is 11.4. The summed E-state index contributed by atoms with van der Waals surface area (Å²) >= 11 is 0.813. The highest BCUT2D eigenvalue weighted by atomic mass is 32.2. The van der Waals surface area contributed by atoms with E-state index in [2.05, 4.69) is 14.7 Å². The molecule has 0 bridgehead atoms. The van der Waals surface area contributed by atoms with Crippen molar-refractivity contribution in [3.05, 3.63) is 34.5 Å². The highest BCUT2D eigenvalue weighted by Gasteiger charge is 2.33. The third-order valence-electron chi connectivity index (χ3n) is 2.70. The van der Waals surface area contributed by atoms with Crippen LogP contribution in [0.15, 0.2) is 34.5 Å². The van der Waals surface area contributed by atoms with Gasteiger partial charge in [0.2, 0.25) is 0 Å². The third-order valence-corrected chi connectivity index (χ3v) is 3.29. The molecule has 7 heteroatoms. The Morgan fingerprint density at radius 2 is 2.29 bits per heavy atom. The molecule has 3 N–H and O–H groups in total. The van der Waals surface area contributed by atoms with E-state index in [4.69, 9.17) is 5.26 Å². The lowest BCUT2D eigenvalue weighted by Gasteiger charge is -2.31. The smallest absolute Gasteiger partial charge is 0.250 e. The molecule has 0 aromatic heterocycles. The molecule has 0 spiro atoms. The molecule has 0 aromatic rings. The van der Waals surface area contributed by atoms with Gasteiger partial charge in [0.1, 0.15) is 5.76 Å². The van der Waals surface area contributed by atoms with E-state index in [1.165, 1.54) is 0 Å². The summed E-state index contributed by atoms with van der Waals surface area (Å²) in [5, 5.41) is 24.2. The summed E-state index contributed by atoms with van der Waals surface area (Å²) in [5.74, 6) is -0.540. The molecular formula is C10H11NO5S. The number of hydrogen-bond donors (Lipinski definition) is 3. The van der Waals surface area contributed by atoms with E-state index >= 15 is 0 Å². The lowest BCUT2D eigenvalue weighted by molar-refractivity contribution is -0.431. The Hall–Kier alpha value is -1.28. The molecule has 1 aliphatic carbocycles. The first-order valence-corrected chi connectivity index (χ1v) is 5.63. The summed E-state index contributed by atoms with van der Waals surface area (Å²) in [6.07, 6.45) is 5.18. The van der Waals surface area contributed by atoms with Gasteiger partial charge in [-0.15, -0.1) is 4.33 Å². The van der Waals surface area contributed by atoms with Gasteiger partial charge in [-0.05, 0) is 13.0 Å². The molecule has 17 heavy (non-hydrogen) atoms. The lowest BCUT2D eigenvalue weighted by Crippen LogP contribution is -2.45. The number of allylic oxidation sites excluding steroid dienone is 1. The first-order chi connectivity index (χ1) is 8.13. The molecule has 0 fully saturated rings. The molecule has 1 amide bonds. The SMILES string of the molecule is CC1=C(O)C2C=C(SOOO)C=CC2NC1=O. The number of rotatable bonds is 3. The number of aliphatic hydroxyl groups excluding tert-OH is 1. The monoisotopic (exact) mass is 257 g/mol. The van der Waals surface area contributed by atoms with Crippen molar-refractivity contribution in [3.63, 3.8) is 0 Å². The van der Waals surface area contributed by atoms with Crippen molar-refractivity contribution >= 4 is 17.9 Å². The van der Waals surface area contributed by atoms with Crippen LogP contribution in [0.1, 0.15) is 6.92 Å². The van der Waals surface area contributed by atoms with Gasteiger partial charge in [-0.2, -0.15) is 0 Å². The first-order valence-electron chi connectivity index (χ1n) is 4.89. The summed E-state index contributed by atoms with van der Waals surface area (Å²) in [7, 11) is 0. The number of nitrogens with one attached hydrogen (secondary N) is 1. The molecule has 1 heterocycles. The highest BCUT2D eigenvalue weighted by Crippen LogP contribution is 2.32. The molecule has 2 unspecified atom stereocenters. The van der Waals surface area contributed by atoms with Gasteiger partial charge in [-0.25, -0.2) is 5.26 Å². The average Bonchev–Trinajstić information content (AvgIpc) is 2.34. The highest BCUT2D eigenvalue weighted by molar-refractivity contribution is 7.98. The van der Waals surface area contributed by atoms with Crippen molar-refractivity contribution in [2.24, 2.45) is 5.92 Å². The van der Waals surface area contributed by atoms with Crippen molar-refractivity contribution < 1.29 is 24.5 Å². The topological polar surface area (TPSA) is 88.0 Å². The van der Waals surface area contributed by atoms with Crippen LogP contribution >= 0.6 is 12.0 Å². The molecule has 0 radical (unpaired) electrons. The number of hydrogen-bond acceptors (Lipinski definition) is 6. The Kier molecular flexibility index (Phi) is 3.53. The van der Waals surface area contributed by atoms with Gasteiger partial charge in [-0.1, -0.05) is 17.2 Å². The second-order valence-electron chi connectivity index (χ2n) is 3.69. The number of fused-ring (bicyclic) bond motifs is 1. The molecule has 6 nitrogen and oxygen atoms in total. The van der Waals surface area contributed by atoms with E-state index < -0.39 is 0 Å². The van der Waals surface area contributed by atoms with Gasteiger partial charge in [0, 0.05) is 4.91 Å². The van der Waals surface area contributed by atoms with Crippen LogP contribution in [-0.2, 0) is 14.2 Å². The average molecular weight is 257 g/mol. The molecule has 92 valence electrons. The molecule has 1 aliphatic heterocycles. The van der Waals surface area contributed by atoms with Crippen LogP contribution in [-0.4, -0.2) is 22.3 Å². The van der Waals surface area contributed by atoms with E-state index in [0.29, 0.717) is 10.5 Å². The fraction of sp³-hybridized carbons (Fsp3) is 0.300. The molecule has 0 saturated carbocycles. The summed E-state index contributed by atoms with van der Waals surface area (Å²) in [4.78, 5) is 12.1. The van der Waals surface area contributed by atoms with Crippen LogP contribution in [0.25, 0.3) is 0 Å². The van der Waals surface area contributed by atoms with Crippen LogP contribution in [0.2, 0.25) is 0 Å². The molecule has 0 saturated heterocycles. The molecule has 2 atom stereocenters. The van der Waals surface area contributed by atoms with Crippen molar-refractivity contribution in [2.45, 2.75) is 13.0 Å². The maximum absolute atomic E-state index is 11.4. The Bertz CT molecular complexity index is 428. The summed E-state index contributed by atoms with van der Waals surface area (Å²) < 4.78 is 4.30. The van der Waals surface area contributed by atoms with E-state index in [0.717, 1.165) is 12.0 Å². The zero-order chi connectivity index (χ0) is 12.4. The first kappa shape index (κ1) is 12.2. The van der Waals surface area contributed by atoms with Crippen LogP contribution < -0.4 is 5.32 Å². The molecule has 2 aliphatic rings. The predicted molar refractivity (Wildman–Crippen MR) is 60.4 cm³/mol. The number of amides is 1. The van der Waals surface area contributed by atoms with Gasteiger partial charge in [-0.3, -0.25) is 4.79 Å². The van der Waals surface area contributed by atoms with Gasteiger partial charge in [0.15, 0.2) is 0 Å². The number of carbonyl (C=O) groups excluding carboxylic acids is 1. The van der Waals surface area contributed by atoms with Crippen molar-refractivity contribution in [1.29, 1.82) is 0 Å². The second-order valence-corrected chi connectivity index (χ2v) is 4.46. The molecule has 2 rings (SSSR count). The summed E-state index contributed by atoms with van der Waals surface area (Å²) in [6, 6.07) is -0.259. The standard InChI is InChI=1S/C10H11NO5S/c1-5-9(12)7-4-6(17-16-15-14)2-3-8(7)11-10(5)13/h2-4,7-8,12,14H,1H3,(H,11,13). The van der Waals surface area contributed by atoms with Gasteiger partial charge < -0.3 is 10.4 Å². The Morgan fingerprint density at radius 1 is 1.53 bits per heavy atom. The van der Waals surface area contributed by atoms with Gasteiger partial charge in [0.05, 0.1) is 29.6 Å². The summed E-state index contributed by atoms with van der Waals surface area (Å²) in [6.45, 7) is 1.56. The largest absolute Gasteiger partial charge is 0.511 e. The van der Waals surface area contributed by atoms with Crippen LogP contribution in [0.5, 0.6) is 0 Å². The van der Waals surface area contributed by atoms with Crippen molar-refractivity contribution in [1.82, 2.24) is 5.32 Å². The normalized spacial score (nSPS) is 27.6. The van der Waals surface area contributed by atoms with Gasteiger partial charge in [0.25, 0.3) is 5.91 Å². The maximum Gasteiger partial charge on any atom is 0.250 e. The third kappa shape index (κ3) is 2.37. The minimum absolute atomic E-state index is 0.0473. The number of carbonyl (C=O) groups is 1. The Morgan fingerprint density at radius 3 is 3.00 bits per heavy atom. The zero-order valence-electron chi connectivity index (χ0n) is 8.91. The number of aliphatic hydroxyl groups is 1. The van der Waals surface area contributed by atoms with Crippen LogP contribution in [0, 0.1) is 5.92 Å². The van der Waals surface area contributed by atoms with E-state index in [1.807, 2.05) is 0 Å². The quantitative estimate of drug-likeness (QED) is 0.403. The zero-order valence-corrected chi connectivity index (χ0v) is 9.73. The summed E-state index contributed by atoms with van der Waals surface area (Å²) in [5.41, 5.74) is 0.307. The van der Waals surface area contributed by atoms with Gasteiger partial charge >= 0.3 is 0 Å². The fourth-order valence-electron chi connectivity index (χ4n) is 1.78. The molecule has 0 aromatic carbocycles. The molecular weight excluding hydrogens is 246 g/mol. The lowest BCUT2D eigenvalue weighted by atomic mass is 9.88. The Balaban J connectivity index is 2.21. The van der Waals surface area contributed by atoms with Crippen LogP contribution in [0.4, 0.5) is 0 Å². The minimum Gasteiger partial charge on any atom is -0.511 e. The Labute approximate surface area is 102 Å². The van der Waals surface area contributed by atoms with Crippen molar-refractivity contribution in [3.8, 4) is 0 Å². The van der Waals surface area contributed by atoms with E-state index in [9.17, 15) is 9.90 Å². The fourth-order valence-corrected chi connectivity index (χ4v) is 2.22. The minimum atomic E-state index is -0.317. The van der Waals surface area contributed by atoms with Crippen molar-refractivity contribution in [2.75, 3.05) is 0 Å².